The van der Waals surface area contributed by atoms with Gasteiger partial charge in [0.1, 0.15) is 0 Å². The number of nitrogens with zero attached hydrogens (tertiary/aromatic N) is 5. The van der Waals surface area contributed by atoms with E-state index in [1.165, 1.54) is 17.3 Å². The summed E-state index contributed by atoms with van der Waals surface area (Å²) in [6, 6.07) is 18.2. The SMILES string of the molecule is Cc1cccc(CN2CCN(C(=O)COC(=O)c3cn(Cc4ccccc4)nn3)CC2)c1. The summed E-state index contributed by atoms with van der Waals surface area (Å²) < 4.78 is 6.75. The van der Waals surface area contributed by atoms with Crippen LogP contribution in [0.5, 0.6) is 0 Å². The molecule has 0 spiro atoms. The van der Waals surface area contributed by atoms with Gasteiger partial charge in [-0.2, -0.15) is 0 Å². The van der Waals surface area contributed by atoms with Gasteiger partial charge in [-0.15, -0.1) is 5.10 Å². The molecule has 8 heteroatoms. The van der Waals surface area contributed by atoms with Crippen LogP contribution in [0.2, 0.25) is 0 Å². The first-order chi connectivity index (χ1) is 15.6. The van der Waals surface area contributed by atoms with Crippen molar-refractivity contribution in [3.8, 4) is 0 Å². The Morgan fingerprint density at radius 3 is 2.44 bits per heavy atom. The van der Waals surface area contributed by atoms with Gasteiger partial charge in [-0.05, 0) is 18.1 Å². The van der Waals surface area contributed by atoms with Crippen LogP contribution in [0.25, 0.3) is 0 Å². The Hall–Kier alpha value is -3.52. The number of rotatable bonds is 7. The molecule has 1 aromatic heterocycles. The molecule has 0 saturated carbocycles. The lowest BCUT2D eigenvalue weighted by Crippen LogP contribution is -2.49. The van der Waals surface area contributed by atoms with E-state index in [2.05, 4.69) is 46.4 Å². The predicted molar refractivity (Wildman–Crippen MR) is 119 cm³/mol. The summed E-state index contributed by atoms with van der Waals surface area (Å²) >= 11 is 0. The van der Waals surface area contributed by atoms with E-state index in [0.717, 1.165) is 25.2 Å². The van der Waals surface area contributed by atoms with Gasteiger partial charge in [0.25, 0.3) is 5.91 Å². The average molecular weight is 434 g/mol. The van der Waals surface area contributed by atoms with Crippen LogP contribution in [-0.2, 0) is 22.6 Å². The predicted octanol–water partition coefficient (Wildman–Crippen LogP) is 2.14. The maximum absolute atomic E-state index is 12.5. The van der Waals surface area contributed by atoms with Gasteiger partial charge in [0, 0.05) is 32.7 Å². The molecule has 1 amide bonds. The van der Waals surface area contributed by atoms with Gasteiger partial charge in [-0.1, -0.05) is 65.4 Å². The first-order valence-electron chi connectivity index (χ1n) is 10.7. The number of esters is 1. The van der Waals surface area contributed by atoms with E-state index in [1.807, 2.05) is 30.3 Å². The number of amides is 1. The molecular formula is C24H27N5O3. The zero-order chi connectivity index (χ0) is 22.3. The van der Waals surface area contributed by atoms with Crippen LogP contribution in [0, 0.1) is 6.92 Å². The number of piperazine rings is 1. The van der Waals surface area contributed by atoms with Crippen LogP contribution in [0.4, 0.5) is 0 Å². The van der Waals surface area contributed by atoms with Gasteiger partial charge in [-0.3, -0.25) is 9.69 Å². The Labute approximate surface area is 187 Å². The molecule has 4 rings (SSSR count). The van der Waals surface area contributed by atoms with Crippen molar-refractivity contribution < 1.29 is 14.3 Å². The van der Waals surface area contributed by atoms with Gasteiger partial charge < -0.3 is 9.64 Å². The molecule has 0 N–H and O–H groups in total. The average Bonchev–Trinajstić information content (AvgIpc) is 3.27. The van der Waals surface area contributed by atoms with Crippen LogP contribution in [0.1, 0.15) is 27.2 Å². The molecule has 1 fully saturated rings. The van der Waals surface area contributed by atoms with Gasteiger partial charge in [0.05, 0.1) is 12.7 Å². The Balaban J connectivity index is 1.21. The fourth-order valence-electron chi connectivity index (χ4n) is 3.76. The molecule has 0 aliphatic carbocycles. The molecule has 1 aliphatic rings. The highest BCUT2D eigenvalue weighted by molar-refractivity contribution is 5.89. The number of carbonyl (C=O) groups excluding carboxylic acids is 2. The van der Waals surface area contributed by atoms with Crippen LogP contribution in [0.3, 0.4) is 0 Å². The summed E-state index contributed by atoms with van der Waals surface area (Å²) in [7, 11) is 0. The smallest absolute Gasteiger partial charge is 0.361 e. The summed E-state index contributed by atoms with van der Waals surface area (Å²) in [5, 5.41) is 7.83. The highest BCUT2D eigenvalue weighted by Crippen LogP contribution is 2.11. The zero-order valence-corrected chi connectivity index (χ0v) is 18.2. The Bertz CT molecular complexity index is 1060. The van der Waals surface area contributed by atoms with Crippen LogP contribution < -0.4 is 0 Å². The monoisotopic (exact) mass is 433 g/mol. The summed E-state index contributed by atoms with van der Waals surface area (Å²) in [4.78, 5) is 28.8. The molecule has 2 heterocycles. The molecule has 0 atom stereocenters. The first kappa shape index (κ1) is 21.7. The van der Waals surface area contributed by atoms with E-state index in [1.54, 1.807) is 9.58 Å². The summed E-state index contributed by atoms with van der Waals surface area (Å²) in [5.74, 6) is -0.832. The summed E-state index contributed by atoms with van der Waals surface area (Å²) in [5.41, 5.74) is 3.67. The minimum atomic E-state index is -0.643. The maximum Gasteiger partial charge on any atom is 0.361 e. The Kier molecular flexibility index (Phi) is 6.91. The number of carbonyl (C=O) groups is 2. The number of hydrogen-bond acceptors (Lipinski definition) is 6. The number of aryl methyl sites for hydroxylation is 1. The van der Waals surface area contributed by atoms with E-state index in [9.17, 15) is 9.59 Å². The lowest BCUT2D eigenvalue weighted by Gasteiger charge is -2.34. The number of benzene rings is 2. The Morgan fingerprint density at radius 2 is 1.69 bits per heavy atom. The fourth-order valence-corrected chi connectivity index (χ4v) is 3.76. The molecule has 3 aromatic rings. The van der Waals surface area contributed by atoms with Gasteiger partial charge >= 0.3 is 5.97 Å². The normalized spacial score (nSPS) is 14.3. The molecule has 0 bridgehead atoms. The molecule has 1 aliphatic heterocycles. The van der Waals surface area contributed by atoms with Crippen molar-refractivity contribution in [3.05, 3.63) is 83.2 Å². The van der Waals surface area contributed by atoms with E-state index >= 15 is 0 Å². The van der Waals surface area contributed by atoms with Crippen molar-refractivity contribution in [1.29, 1.82) is 0 Å². The van der Waals surface area contributed by atoms with Crippen molar-refractivity contribution in [2.75, 3.05) is 32.8 Å². The second-order valence-corrected chi connectivity index (χ2v) is 8.01. The number of ether oxygens (including phenoxy) is 1. The Morgan fingerprint density at radius 1 is 0.938 bits per heavy atom. The van der Waals surface area contributed by atoms with Gasteiger partial charge in [0.15, 0.2) is 12.3 Å². The fraction of sp³-hybridized carbons (Fsp3) is 0.333. The lowest BCUT2D eigenvalue weighted by atomic mass is 10.1. The van der Waals surface area contributed by atoms with Crippen molar-refractivity contribution in [1.82, 2.24) is 24.8 Å². The molecule has 8 nitrogen and oxygen atoms in total. The molecule has 0 unspecified atom stereocenters. The van der Waals surface area contributed by atoms with Gasteiger partial charge in [0.2, 0.25) is 0 Å². The minimum absolute atomic E-state index is 0.0942. The molecule has 166 valence electrons. The molecule has 1 saturated heterocycles. The third kappa shape index (κ3) is 5.79. The second kappa shape index (κ2) is 10.2. The second-order valence-electron chi connectivity index (χ2n) is 8.01. The van der Waals surface area contributed by atoms with Gasteiger partial charge in [-0.25, -0.2) is 9.48 Å². The molecule has 2 aromatic carbocycles. The molecule has 0 radical (unpaired) electrons. The highest BCUT2D eigenvalue weighted by Gasteiger charge is 2.23. The largest absolute Gasteiger partial charge is 0.451 e. The van der Waals surface area contributed by atoms with E-state index < -0.39 is 5.97 Å². The minimum Gasteiger partial charge on any atom is -0.451 e. The van der Waals surface area contributed by atoms with Crippen molar-refractivity contribution in [2.45, 2.75) is 20.0 Å². The quantitative estimate of drug-likeness (QED) is 0.531. The standard InChI is InChI=1S/C24H27N5O3/c1-19-6-5-9-21(14-19)15-27-10-12-28(13-11-27)23(30)18-32-24(31)22-17-29(26-25-22)16-20-7-3-2-4-8-20/h2-9,14,17H,10-13,15-16,18H2,1H3. The van der Waals surface area contributed by atoms with Crippen molar-refractivity contribution >= 4 is 11.9 Å². The van der Waals surface area contributed by atoms with Crippen molar-refractivity contribution in [3.63, 3.8) is 0 Å². The third-order valence-corrected chi connectivity index (χ3v) is 5.48. The number of aromatic nitrogens is 3. The zero-order valence-electron chi connectivity index (χ0n) is 18.2. The van der Waals surface area contributed by atoms with E-state index in [-0.39, 0.29) is 18.2 Å². The summed E-state index contributed by atoms with van der Waals surface area (Å²) in [6.07, 6.45) is 1.53. The van der Waals surface area contributed by atoms with E-state index in [4.69, 9.17) is 4.74 Å². The summed E-state index contributed by atoms with van der Waals surface area (Å²) in [6.45, 7) is 6.01. The van der Waals surface area contributed by atoms with Crippen LogP contribution in [0.15, 0.2) is 60.8 Å². The first-order valence-corrected chi connectivity index (χ1v) is 10.7. The molecular weight excluding hydrogens is 406 g/mol. The van der Waals surface area contributed by atoms with Crippen molar-refractivity contribution in [2.24, 2.45) is 0 Å². The van der Waals surface area contributed by atoms with E-state index in [0.29, 0.717) is 19.6 Å². The van der Waals surface area contributed by atoms with Crippen LogP contribution >= 0.6 is 0 Å². The highest BCUT2D eigenvalue weighted by atomic mass is 16.5. The third-order valence-electron chi connectivity index (χ3n) is 5.48. The van der Waals surface area contributed by atoms with Crippen LogP contribution in [-0.4, -0.2) is 69.5 Å². The maximum atomic E-state index is 12.5. The topological polar surface area (TPSA) is 80.6 Å². The lowest BCUT2D eigenvalue weighted by molar-refractivity contribution is -0.136. The molecule has 32 heavy (non-hydrogen) atoms. The number of hydrogen-bond donors (Lipinski definition) is 0.